The van der Waals surface area contributed by atoms with Crippen LogP contribution in [-0.4, -0.2) is 22.3 Å². The van der Waals surface area contributed by atoms with Gasteiger partial charge in [-0.25, -0.2) is 4.98 Å². The molecule has 1 aromatic heterocycles. The molecule has 1 amide bonds. The van der Waals surface area contributed by atoms with Crippen molar-refractivity contribution < 1.29 is 9.53 Å². The first-order valence-electron chi connectivity index (χ1n) is 4.30. The standard InChI is InChI=1S/C9H9BrN2O2/c10-4-3-7-9(13)12-8-6(14-7)2-1-5-11-8/h1-2,5,7H,3-4H2,(H,11,12,13). The van der Waals surface area contributed by atoms with E-state index in [9.17, 15) is 4.79 Å². The van der Waals surface area contributed by atoms with Crippen LogP contribution in [0.5, 0.6) is 5.75 Å². The first-order valence-corrected chi connectivity index (χ1v) is 5.42. The summed E-state index contributed by atoms with van der Waals surface area (Å²) < 4.78 is 5.48. The second kappa shape index (κ2) is 3.96. The molecule has 2 heterocycles. The highest BCUT2D eigenvalue weighted by Crippen LogP contribution is 2.27. The molecule has 1 aromatic rings. The summed E-state index contributed by atoms with van der Waals surface area (Å²) >= 11 is 3.28. The van der Waals surface area contributed by atoms with Crippen LogP contribution < -0.4 is 10.1 Å². The monoisotopic (exact) mass is 256 g/mol. The average molecular weight is 257 g/mol. The number of amides is 1. The van der Waals surface area contributed by atoms with Gasteiger partial charge in [0.2, 0.25) is 0 Å². The number of aromatic nitrogens is 1. The number of pyridine rings is 1. The van der Waals surface area contributed by atoms with Gasteiger partial charge >= 0.3 is 0 Å². The number of carbonyl (C=O) groups excluding carboxylic acids is 1. The molecule has 0 aliphatic carbocycles. The van der Waals surface area contributed by atoms with Gasteiger partial charge < -0.3 is 10.1 Å². The van der Waals surface area contributed by atoms with Gasteiger partial charge in [-0.15, -0.1) is 0 Å². The summed E-state index contributed by atoms with van der Waals surface area (Å²) in [4.78, 5) is 15.4. The summed E-state index contributed by atoms with van der Waals surface area (Å²) in [5.41, 5.74) is 0. The maximum absolute atomic E-state index is 11.5. The van der Waals surface area contributed by atoms with E-state index in [0.717, 1.165) is 5.33 Å². The number of hydrogen-bond donors (Lipinski definition) is 1. The van der Waals surface area contributed by atoms with Crippen LogP contribution >= 0.6 is 15.9 Å². The number of anilines is 1. The summed E-state index contributed by atoms with van der Waals surface area (Å²) in [7, 11) is 0. The Labute approximate surface area is 89.8 Å². The van der Waals surface area contributed by atoms with Crippen molar-refractivity contribution in [3.63, 3.8) is 0 Å². The molecule has 0 bridgehead atoms. The number of hydrogen-bond acceptors (Lipinski definition) is 3. The SMILES string of the molecule is O=C1Nc2ncccc2OC1CCBr. The molecular weight excluding hydrogens is 248 g/mol. The molecule has 0 aromatic carbocycles. The van der Waals surface area contributed by atoms with Crippen LogP contribution in [0.3, 0.4) is 0 Å². The van der Waals surface area contributed by atoms with Gasteiger partial charge in [-0.3, -0.25) is 4.79 Å². The smallest absolute Gasteiger partial charge is 0.266 e. The van der Waals surface area contributed by atoms with E-state index in [0.29, 0.717) is 18.0 Å². The van der Waals surface area contributed by atoms with E-state index < -0.39 is 6.10 Å². The average Bonchev–Trinajstić information content (AvgIpc) is 2.19. The minimum absolute atomic E-state index is 0.129. The van der Waals surface area contributed by atoms with Crippen LogP contribution in [0, 0.1) is 0 Å². The summed E-state index contributed by atoms with van der Waals surface area (Å²) in [6.07, 6.45) is 1.86. The number of ether oxygens (including phenoxy) is 1. The predicted octanol–water partition coefficient (Wildman–Crippen LogP) is 1.57. The lowest BCUT2D eigenvalue weighted by Crippen LogP contribution is -2.37. The number of alkyl halides is 1. The van der Waals surface area contributed by atoms with Crippen molar-refractivity contribution in [3.8, 4) is 5.75 Å². The van der Waals surface area contributed by atoms with E-state index in [1.807, 2.05) is 0 Å². The van der Waals surface area contributed by atoms with Gasteiger partial charge in [0, 0.05) is 17.9 Å². The summed E-state index contributed by atoms with van der Waals surface area (Å²) in [5, 5.41) is 3.44. The zero-order valence-corrected chi connectivity index (χ0v) is 8.95. The molecule has 1 unspecified atom stereocenters. The fraction of sp³-hybridized carbons (Fsp3) is 0.333. The number of nitrogens with zero attached hydrogens (tertiary/aromatic N) is 1. The second-order valence-corrected chi connectivity index (χ2v) is 3.72. The maximum Gasteiger partial charge on any atom is 0.266 e. The summed E-state index contributed by atoms with van der Waals surface area (Å²) in [6, 6.07) is 3.57. The van der Waals surface area contributed by atoms with Crippen molar-refractivity contribution in [3.05, 3.63) is 18.3 Å². The van der Waals surface area contributed by atoms with Gasteiger partial charge in [-0.2, -0.15) is 0 Å². The fourth-order valence-corrected chi connectivity index (χ4v) is 1.69. The molecule has 1 aliphatic rings. The molecule has 4 nitrogen and oxygen atoms in total. The molecule has 0 spiro atoms. The molecule has 0 saturated heterocycles. The van der Waals surface area contributed by atoms with E-state index in [4.69, 9.17) is 4.74 Å². The largest absolute Gasteiger partial charge is 0.477 e. The Morgan fingerprint density at radius 2 is 2.50 bits per heavy atom. The van der Waals surface area contributed by atoms with Gasteiger partial charge in [0.05, 0.1) is 0 Å². The van der Waals surface area contributed by atoms with Crippen LogP contribution in [0.1, 0.15) is 6.42 Å². The van der Waals surface area contributed by atoms with Gasteiger partial charge in [-0.05, 0) is 12.1 Å². The van der Waals surface area contributed by atoms with E-state index in [2.05, 4.69) is 26.2 Å². The van der Waals surface area contributed by atoms with E-state index in [-0.39, 0.29) is 5.91 Å². The molecule has 1 atom stereocenters. The third-order valence-electron chi connectivity index (χ3n) is 1.95. The first kappa shape index (κ1) is 9.45. The molecular formula is C9H9BrN2O2. The fourth-order valence-electron chi connectivity index (χ4n) is 1.27. The predicted molar refractivity (Wildman–Crippen MR) is 55.7 cm³/mol. The lowest BCUT2D eigenvalue weighted by Gasteiger charge is -2.24. The number of rotatable bonds is 2. The van der Waals surface area contributed by atoms with Crippen LogP contribution in [0.2, 0.25) is 0 Å². The van der Waals surface area contributed by atoms with Gasteiger partial charge in [0.25, 0.3) is 5.91 Å². The highest BCUT2D eigenvalue weighted by atomic mass is 79.9. The lowest BCUT2D eigenvalue weighted by molar-refractivity contribution is -0.123. The Morgan fingerprint density at radius 1 is 1.64 bits per heavy atom. The van der Waals surface area contributed by atoms with Crippen molar-refractivity contribution in [1.82, 2.24) is 4.98 Å². The van der Waals surface area contributed by atoms with Crippen LogP contribution in [0.25, 0.3) is 0 Å². The van der Waals surface area contributed by atoms with E-state index >= 15 is 0 Å². The van der Waals surface area contributed by atoms with Crippen molar-refractivity contribution in [2.24, 2.45) is 0 Å². The second-order valence-electron chi connectivity index (χ2n) is 2.92. The number of carbonyl (C=O) groups is 1. The minimum Gasteiger partial charge on any atom is -0.477 e. The van der Waals surface area contributed by atoms with E-state index in [1.165, 1.54) is 0 Å². The maximum atomic E-state index is 11.5. The number of nitrogens with one attached hydrogen (secondary N) is 1. The number of fused-ring (bicyclic) bond motifs is 1. The molecule has 1 aliphatic heterocycles. The van der Waals surface area contributed by atoms with Crippen molar-refractivity contribution >= 4 is 27.7 Å². The molecule has 2 rings (SSSR count). The van der Waals surface area contributed by atoms with Crippen LogP contribution in [0.4, 0.5) is 5.82 Å². The molecule has 74 valence electrons. The highest BCUT2D eigenvalue weighted by molar-refractivity contribution is 9.09. The summed E-state index contributed by atoms with van der Waals surface area (Å²) in [5.74, 6) is 1.01. The minimum atomic E-state index is -0.411. The number of halogens is 1. The Hall–Kier alpha value is -1.10. The normalized spacial score (nSPS) is 19.5. The van der Waals surface area contributed by atoms with E-state index in [1.54, 1.807) is 18.3 Å². The quantitative estimate of drug-likeness (QED) is 0.818. The molecule has 0 fully saturated rings. The summed E-state index contributed by atoms with van der Waals surface area (Å²) in [6.45, 7) is 0. The Balaban J connectivity index is 2.22. The molecule has 0 saturated carbocycles. The van der Waals surface area contributed by atoms with Crippen LogP contribution in [-0.2, 0) is 4.79 Å². The highest BCUT2D eigenvalue weighted by Gasteiger charge is 2.27. The van der Waals surface area contributed by atoms with Crippen molar-refractivity contribution in [1.29, 1.82) is 0 Å². The van der Waals surface area contributed by atoms with Crippen molar-refractivity contribution in [2.45, 2.75) is 12.5 Å². The third kappa shape index (κ3) is 1.72. The van der Waals surface area contributed by atoms with Gasteiger partial charge in [0.15, 0.2) is 17.7 Å². The molecule has 1 N–H and O–H groups in total. The van der Waals surface area contributed by atoms with Crippen molar-refractivity contribution in [2.75, 3.05) is 10.6 Å². The lowest BCUT2D eigenvalue weighted by atomic mass is 10.2. The van der Waals surface area contributed by atoms with Gasteiger partial charge in [-0.1, -0.05) is 15.9 Å². The Bertz CT molecular complexity index is 356. The molecule has 14 heavy (non-hydrogen) atoms. The molecule has 5 heteroatoms. The Kier molecular flexibility index (Phi) is 2.67. The first-order chi connectivity index (χ1) is 6.81. The molecule has 0 radical (unpaired) electrons. The Morgan fingerprint density at radius 3 is 3.29 bits per heavy atom. The zero-order valence-electron chi connectivity index (χ0n) is 7.37. The van der Waals surface area contributed by atoms with Crippen LogP contribution in [0.15, 0.2) is 18.3 Å². The topological polar surface area (TPSA) is 51.2 Å². The zero-order chi connectivity index (χ0) is 9.97. The van der Waals surface area contributed by atoms with Gasteiger partial charge in [0.1, 0.15) is 0 Å². The third-order valence-corrected chi connectivity index (χ3v) is 2.40.